The van der Waals surface area contributed by atoms with Crippen LogP contribution in [-0.2, 0) is 6.42 Å². The second-order valence-corrected chi connectivity index (χ2v) is 9.07. The normalized spacial score (nSPS) is 16.3. The highest BCUT2D eigenvalue weighted by molar-refractivity contribution is 5.96. The van der Waals surface area contributed by atoms with Crippen LogP contribution < -0.4 is 10.3 Å². The lowest BCUT2D eigenvalue weighted by Gasteiger charge is -2.25. The number of para-hydroxylation sites is 1. The average Bonchev–Trinajstić information content (AvgIpc) is 3.38. The molecule has 2 heterocycles. The van der Waals surface area contributed by atoms with Gasteiger partial charge >= 0.3 is 0 Å². The van der Waals surface area contributed by atoms with Gasteiger partial charge in [-0.3, -0.25) is 14.2 Å². The van der Waals surface area contributed by atoms with Crippen molar-refractivity contribution in [3.63, 3.8) is 0 Å². The second kappa shape index (κ2) is 10.8. The Morgan fingerprint density at radius 1 is 1.17 bits per heavy atom. The number of carbonyl (C=O) groups is 1. The summed E-state index contributed by atoms with van der Waals surface area (Å²) in [6, 6.07) is 17.2. The van der Waals surface area contributed by atoms with Gasteiger partial charge in [0.1, 0.15) is 11.6 Å². The summed E-state index contributed by atoms with van der Waals surface area (Å²) in [5.41, 5.74) is 1.06. The SMILES string of the molecule is CCCCc1nc(=O)c(C(=O)N2CC[C@H](c3ccccc3)C2)c(O)n1[C@@H](C)c1ccccc1OC. The van der Waals surface area contributed by atoms with Crippen molar-refractivity contribution < 1.29 is 14.6 Å². The number of aromatic hydroxyl groups is 1. The Morgan fingerprint density at radius 3 is 2.60 bits per heavy atom. The predicted molar refractivity (Wildman–Crippen MR) is 135 cm³/mol. The van der Waals surface area contributed by atoms with Crippen molar-refractivity contribution in [2.24, 2.45) is 0 Å². The van der Waals surface area contributed by atoms with Crippen molar-refractivity contribution >= 4 is 5.91 Å². The van der Waals surface area contributed by atoms with Gasteiger partial charge in [0.05, 0.1) is 13.2 Å². The minimum Gasteiger partial charge on any atom is -0.496 e. The molecule has 2 aromatic carbocycles. The molecule has 1 aliphatic rings. The molecule has 0 saturated carbocycles. The number of aromatic nitrogens is 2. The van der Waals surface area contributed by atoms with Gasteiger partial charge in [0.15, 0.2) is 5.56 Å². The number of nitrogens with zero attached hydrogens (tertiary/aromatic N) is 3. The number of ether oxygens (including phenoxy) is 1. The number of hydrogen-bond donors (Lipinski definition) is 1. The minimum atomic E-state index is -0.676. The van der Waals surface area contributed by atoms with E-state index in [0.717, 1.165) is 24.8 Å². The largest absolute Gasteiger partial charge is 0.496 e. The van der Waals surface area contributed by atoms with Crippen LogP contribution in [0, 0.1) is 0 Å². The molecule has 4 rings (SSSR count). The van der Waals surface area contributed by atoms with Crippen LogP contribution in [0.1, 0.15) is 72.4 Å². The number of amides is 1. The van der Waals surface area contributed by atoms with Crippen LogP contribution in [0.5, 0.6) is 11.6 Å². The quantitative estimate of drug-likeness (QED) is 0.517. The maximum absolute atomic E-state index is 13.5. The van der Waals surface area contributed by atoms with Gasteiger partial charge in [-0.25, -0.2) is 0 Å². The van der Waals surface area contributed by atoms with E-state index in [-0.39, 0.29) is 17.4 Å². The predicted octanol–water partition coefficient (Wildman–Crippen LogP) is 4.54. The monoisotopic (exact) mass is 475 g/mol. The van der Waals surface area contributed by atoms with Crippen molar-refractivity contribution in [1.82, 2.24) is 14.5 Å². The van der Waals surface area contributed by atoms with Gasteiger partial charge in [-0.1, -0.05) is 61.9 Å². The molecule has 1 amide bonds. The zero-order valence-electron chi connectivity index (χ0n) is 20.6. The maximum atomic E-state index is 13.5. The van der Waals surface area contributed by atoms with Gasteiger partial charge in [-0.2, -0.15) is 4.98 Å². The first kappa shape index (κ1) is 24.5. The van der Waals surface area contributed by atoms with Crippen LogP contribution >= 0.6 is 0 Å². The number of aryl methyl sites for hydroxylation is 1. The topological polar surface area (TPSA) is 84.7 Å². The third-order valence-corrected chi connectivity index (χ3v) is 6.86. The van der Waals surface area contributed by atoms with Crippen molar-refractivity contribution in [3.05, 3.63) is 87.5 Å². The van der Waals surface area contributed by atoms with E-state index in [2.05, 4.69) is 24.0 Å². The van der Waals surface area contributed by atoms with E-state index in [1.165, 1.54) is 5.56 Å². The second-order valence-electron chi connectivity index (χ2n) is 9.07. The molecule has 7 heteroatoms. The first-order valence-corrected chi connectivity index (χ1v) is 12.3. The molecule has 2 atom stereocenters. The Kier molecular flexibility index (Phi) is 7.54. The minimum absolute atomic E-state index is 0.203. The van der Waals surface area contributed by atoms with Gasteiger partial charge < -0.3 is 14.7 Å². The maximum Gasteiger partial charge on any atom is 0.289 e. The van der Waals surface area contributed by atoms with E-state index >= 15 is 0 Å². The average molecular weight is 476 g/mol. The summed E-state index contributed by atoms with van der Waals surface area (Å²) in [5.74, 6) is 0.531. The summed E-state index contributed by atoms with van der Waals surface area (Å²) in [5, 5.41) is 11.4. The number of benzene rings is 2. The van der Waals surface area contributed by atoms with E-state index in [0.29, 0.717) is 31.1 Å². The summed E-state index contributed by atoms with van der Waals surface area (Å²) < 4.78 is 7.15. The van der Waals surface area contributed by atoms with Crippen molar-refractivity contribution in [1.29, 1.82) is 0 Å². The molecule has 184 valence electrons. The summed E-state index contributed by atoms with van der Waals surface area (Å²) in [7, 11) is 1.60. The van der Waals surface area contributed by atoms with Gasteiger partial charge in [0.25, 0.3) is 11.5 Å². The van der Waals surface area contributed by atoms with Gasteiger partial charge in [-0.05, 0) is 31.4 Å². The molecular weight excluding hydrogens is 442 g/mol. The molecule has 0 radical (unpaired) electrons. The zero-order valence-corrected chi connectivity index (χ0v) is 20.6. The highest BCUT2D eigenvalue weighted by Gasteiger charge is 2.33. The molecule has 0 spiro atoms. The molecule has 1 aromatic heterocycles. The highest BCUT2D eigenvalue weighted by atomic mass is 16.5. The molecular formula is C28H33N3O4. The Morgan fingerprint density at radius 2 is 1.89 bits per heavy atom. The molecule has 1 N–H and O–H groups in total. The van der Waals surface area contributed by atoms with E-state index in [1.807, 2.05) is 49.4 Å². The molecule has 35 heavy (non-hydrogen) atoms. The molecule has 1 aliphatic heterocycles. The third-order valence-electron chi connectivity index (χ3n) is 6.86. The summed E-state index contributed by atoms with van der Waals surface area (Å²) in [4.78, 5) is 32.5. The number of likely N-dealkylation sites (tertiary alicyclic amines) is 1. The molecule has 7 nitrogen and oxygen atoms in total. The van der Waals surface area contributed by atoms with Crippen molar-refractivity contribution in [2.75, 3.05) is 20.2 Å². The lowest BCUT2D eigenvalue weighted by atomic mass is 9.99. The highest BCUT2D eigenvalue weighted by Crippen LogP contribution is 2.33. The van der Waals surface area contributed by atoms with Gasteiger partial charge in [-0.15, -0.1) is 0 Å². The first-order chi connectivity index (χ1) is 17.0. The lowest BCUT2D eigenvalue weighted by Crippen LogP contribution is -2.35. The van der Waals surface area contributed by atoms with Crippen LogP contribution in [0.2, 0.25) is 0 Å². The molecule has 1 fully saturated rings. The van der Waals surface area contributed by atoms with Crippen molar-refractivity contribution in [2.45, 2.75) is 51.5 Å². The van der Waals surface area contributed by atoms with E-state index < -0.39 is 17.5 Å². The first-order valence-electron chi connectivity index (χ1n) is 12.3. The van der Waals surface area contributed by atoms with E-state index in [1.54, 1.807) is 16.6 Å². The third kappa shape index (κ3) is 4.94. The van der Waals surface area contributed by atoms with E-state index in [9.17, 15) is 14.7 Å². The summed E-state index contributed by atoms with van der Waals surface area (Å²) >= 11 is 0. The number of rotatable bonds is 8. The fourth-order valence-corrected chi connectivity index (χ4v) is 4.92. The van der Waals surface area contributed by atoms with Crippen LogP contribution in [-0.4, -0.2) is 45.7 Å². The van der Waals surface area contributed by atoms with Gasteiger partial charge in [0.2, 0.25) is 5.88 Å². The Balaban J connectivity index is 1.73. The summed E-state index contributed by atoms with van der Waals surface area (Å²) in [6.07, 6.45) is 3.05. The lowest BCUT2D eigenvalue weighted by molar-refractivity contribution is 0.0783. The Bertz CT molecular complexity index is 1240. The molecule has 0 unspecified atom stereocenters. The zero-order chi connectivity index (χ0) is 24.9. The Labute approximate surface area is 206 Å². The molecule has 3 aromatic rings. The van der Waals surface area contributed by atoms with E-state index in [4.69, 9.17) is 4.74 Å². The van der Waals surface area contributed by atoms with Crippen molar-refractivity contribution in [3.8, 4) is 11.6 Å². The smallest absolute Gasteiger partial charge is 0.289 e. The van der Waals surface area contributed by atoms with Crippen LogP contribution in [0.3, 0.4) is 0 Å². The fourth-order valence-electron chi connectivity index (χ4n) is 4.92. The molecule has 1 saturated heterocycles. The van der Waals surface area contributed by atoms with Crippen LogP contribution in [0.25, 0.3) is 0 Å². The number of unbranched alkanes of at least 4 members (excludes halogenated alkanes) is 1. The standard InChI is InChI=1S/C28H33N3O4/c1-4-5-15-24-29-26(32)25(27(33)30-17-16-21(18-30)20-11-7-6-8-12-20)28(34)31(24)19(2)22-13-9-10-14-23(22)35-3/h6-14,19,21,34H,4-5,15-18H2,1-3H3/t19-,21-/m0/s1. The van der Waals surface area contributed by atoms with Gasteiger partial charge in [0, 0.05) is 31.0 Å². The number of carbonyl (C=O) groups excluding carboxylic acids is 1. The number of methoxy groups -OCH3 is 1. The van der Waals surface area contributed by atoms with Crippen LogP contribution in [0.4, 0.5) is 0 Å². The fraction of sp³-hybridized carbons (Fsp3) is 0.393. The number of hydrogen-bond acceptors (Lipinski definition) is 5. The molecule has 0 aliphatic carbocycles. The van der Waals surface area contributed by atoms with Crippen LogP contribution in [0.15, 0.2) is 59.4 Å². The Hall–Kier alpha value is -3.61. The summed E-state index contributed by atoms with van der Waals surface area (Å²) in [6.45, 7) is 4.99. The molecule has 0 bridgehead atoms.